The van der Waals surface area contributed by atoms with Gasteiger partial charge in [-0.3, -0.25) is 0 Å². The molecule has 2 saturated heterocycles. The third-order valence-electron chi connectivity index (χ3n) is 6.06. The number of para-hydroxylation sites is 1. The van der Waals surface area contributed by atoms with Crippen LogP contribution in [0.15, 0.2) is 30.3 Å². The number of benzene rings is 1. The molecule has 2 fully saturated rings. The van der Waals surface area contributed by atoms with Gasteiger partial charge in [0.15, 0.2) is 0 Å². The van der Waals surface area contributed by atoms with E-state index >= 15 is 0 Å². The summed E-state index contributed by atoms with van der Waals surface area (Å²) < 4.78 is 24.9. The molecule has 0 aliphatic carbocycles. The van der Waals surface area contributed by atoms with Crippen LogP contribution in [0.25, 0.3) is 5.31 Å². The molecule has 4 rings (SSSR count). The summed E-state index contributed by atoms with van der Waals surface area (Å²) in [6.07, 6.45) is 2.52. The summed E-state index contributed by atoms with van der Waals surface area (Å²) in [6.45, 7) is 14.9. The molecule has 30 heavy (non-hydrogen) atoms. The molecule has 0 aromatic heterocycles. The summed E-state index contributed by atoms with van der Waals surface area (Å²) in [5, 5.41) is 1.02. The van der Waals surface area contributed by atoms with E-state index in [4.69, 9.17) is 18.5 Å². The Morgan fingerprint density at radius 3 is 2.37 bits per heavy atom. The van der Waals surface area contributed by atoms with Crippen molar-refractivity contribution in [2.45, 2.75) is 77.3 Å². The highest BCUT2D eigenvalue weighted by Crippen LogP contribution is 2.67. The third-order valence-corrected chi connectivity index (χ3v) is 8.07. The van der Waals surface area contributed by atoms with Gasteiger partial charge in [-0.15, -0.1) is 0 Å². The van der Waals surface area contributed by atoms with Crippen LogP contribution in [-0.2, 0) is 13.8 Å². The van der Waals surface area contributed by atoms with Crippen molar-refractivity contribution in [1.82, 2.24) is 4.90 Å². The number of carbonyl (C=O) groups is 1. The number of hydrogen-bond acceptors (Lipinski definition) is 5. The number of rotatable bonds is 1. The monoisotopic (exact) mass is 433 g/mol. The Kier molecular flexibility index (Phi) is 5.00. The minimum atomic E-state index is -1.27. The van der Waals surface area contributed by atoms with Gasteiger partial charge in [-0.1, -0.05) is 18.2 Å². The minimum absolute atomic E-state index is 0.307. The van der Waals surface area contributed by atoms with Crippen molar-refractivity contribution in [3.05, 3.63) is 35.9 Å². The summed E-state index contributed by atoms with van der Waals surface area (Å²) >= 11 is 0. The van der Waals surface area contributed by atoms with Crippen molar-refractivity contribution in [3.8, 4) is 5.75 Å². The predicted octanol–water partition coefficient (Wildman–Crippen LogP) is 5.72. The lowest BCUT2D eigenvalue weighted by molar-refractivity contribution is 0.00578. The van der Waals surface area contributed by atoms with Crippen molar-refractivity contribution in [3.63, 3.8) is 0 Å². The first-order chi connectivity index (χ1) is 13.8. The van der Waals surface area contributed by atoms with Gasteiger partial charge in [0, 0.05) is 23.8 Å². The van der Waals surface area contributed by atoms with Crippen molar-refractivity contribution in [1.29, 1.82) is 0 Å². The quantitative estimate of drug-likeness (QED) is 0.531. The van der Waals surface area contributed by atoms with E-state index in [1.54, 1.807) is 4.90 Å². The molecular weight excluding hydrogens is 401 g/mol. The van der Waals surface area contributed by atoms with Crippen LogP contribution in [0.5, 0.6) is 5.75 Å². The van der Waals surface area contributed by atoms with E-state index in [0.29, 0.717) is 19.5 Å². The highest BCUT2D eigenvalue weighted by molar-refractivity contribution is 7.59. The summed E-state index contributed by atoms with van der Waals surface area (Å²) in [6, 6.07) is 7.98. The zero-order chi connectivity index (χ0) is 21.9. The van der Waals surface area contributed by atoms with Gasteiger partial charge < -0.3 is 23.4 Å². The third kappa shape index (κ3) is 3.86. The van der Waals surface area contributed by atoms with Crippen molar-refractivity contribution in [2.24, 2.45) is 0 Å². The Hall–Kier alpha value is -1.62. The largest absolute Gasteiger partial charge is 0.481 e. The van der Waals surface area contributed by atoms with Crippen LogP contribution in [0.1, 0.15) is 60.5 Å². The number of fused-ring (bicyclic) bond motifs is 1. The lowest BCUT2D eigenvalue weighted by Crippen LogP contribution is -2.42. The Balaban J connectivity index is 1.65. The Bertz CT molecular complexity index is 872. The summed E-state index contributed by atoms with van der Waals surface area (Å²) in [5.74, 6) is 0.804. The minimum Gasteiger partial charge on any atom is -0.481 e. The first kappa shape index (κ1) is 21.6. The average Bonchev–Trinajstić information content (AvgIpc) is 3.11. The second-order valence-corrected chi connectivity index (χ2v) is 11.7. The van der Waals surface area contributed by atoms with Gasteiger partial charge in [0.25, 0.3) is 0 Å². The number of ether oxygens (including phenoxy) is 2. The number of amides is 1. The molecule has 1 unspecified atom stereocenters. The molecule has 3 aliphatic heterocycles. The first-order valence-electron chi connectivity index (χ1n) is 10.5. The SMILES string of the molecule is CC(C)(C)OC(=O)N1CCC2(C=C(P3OC(C)(C)C(C)(C)O3)c3ccccc3O2)C1. The average molecular weight is 433 g/mol. The fourth-order valence-corrected chi connectivity index (χ4v) is 5.96. The Labute approximate surface area is 180 Å². The molecule has 1 aromatic rings. The maximum absolute atomic E-state index is 12.6. The molecule has 164 valence electrons. The molecule has 1 atom stereocenters. The van der Waals surface area contributed by atoms with Gasteiger partial charge in [-0.2, -0.15) is 0 Å². The summed E-state index contributed by atoms with van der Waals surface area (Å²) in [4.78, 5) is 14.3. The summed E-state index contributed by atoms with van der Waals surface area (Å²) in [7, 11) is -1.27. The van der Waals surface area contributed by atoms with Gasteiger partial charge in [0.05, 0.1) is 17.7 Å². The van der Waals surface area contributed by atoms with Crippen LogP contribution >= 0.6 is 8.38 Å². The zero-order valence-corrected chi connectivity index (χ0v) is 19.8. The van der Waals surface area contributed by atoms with Crippen LogP contribution in [-0.4, -0.2) is 46.5 Å². The second kappa shape index (κ2) is 6.94. The van der Waals surface area contributed by atoms with Gasteiger partial charge in [-0.05, 0) is 60.6 Å². The second-order valence-electron chi connectivity index (χ2n) is 10.3. The van der Waals surface area contributed by atoms with Crippen LogP contribution in [0, 0.1) is 0 Å². The number of hydrogen-bond donors (Lipinski definition) is 0. The van der Waals surface area contributed by atoms with Gasteiger partial charge in [-0.25, -0.2) is 4.79 Å². The maximum atomic E-state index is 12.6. The molecule has 0 bridgehead atoms. The molecule has 1 aromatic carbocycles. The smallest absolute Gasteiger partial charge is 0.410 e. The van der Waals surface area contributed by atoms with E-state index in [2.05, 4.69) is 33.8 Å². The van der Waals surface area contributed by atoms with Gasteiger partial charge >= 0.3 is 6.09 Å². The molecule has 7 heteroatoms. The summed E-state index contributed by atoms with van der Waals surface area (Å²) in [5.41, 5.74) is -0.943. The van der Waals surface area contributed by atoms with Crippen LogP contribution in [0.2, 0.25) is 0 Å². The lowest BCUT2D eigenvalue weighted by Gasteiger charge is -2.35. The van der Waals surface area contributed by atoms with Crippen LogP contribution in [0.4, 0.5) is 4.79 Å². The van der Waals surface area contributed by atoms with E-state index in [1.165, 1.54) is 0 Å². The van der Waals surface area contributed by atoms with E-state index in [0.717, 1.165) is 16.6 Å². The molecule has 3 heterocycles. The van der Waals surface area contributed by atoms with E-state index in [-0.39, 0.29) is 6.09 Å². The molecule has 0 saturated carbocycles. The van der Waals surface area contributed by atoms with Gasteiger partial charge in [0.2, 0.25) is 8.38 Å². The Morgan fingerprint density at radius 2 is 1.73 bits per heavy atom. The lowest BCUT2D eigenvalue weighted by atomic mass is 9.90. The highest BCUT2D eigenvalue weighted by Gasteiger charge is 2.53. The fraction of sp³-hybridized carbons (Fsp3) is 0.609. The number of carbonyl (C=O) groups excluding carboxylic acids is 1. The molecule has 0 radical (unpaired) electrons. The number of likely N-dealkylation sites (tertiary alicyclic amines) is 1. The van der Waals surface area contributed by atoms with E-state index in [1.807, 2.05) is 45.0 Å². The van der Waals surface area contributed by atoms with Crippen molar-refractivity contribution >= 4 is 19.8 Å². The topological polar surface area (TPSA) is 57.2 Å². The molecule has 0 N–H and O–H groups in total. The normalized spacial score (nSPS) is 27.6. The standard InChI is InChI=1S/C23H32NO5P/c1-20(2,3)27-19(25)24-13-12-23(15-24)14-18(16-10-8-9-11-17(16)26-23)30-28-21(4,5)22(6,7)29-30/h8-11,14H,12-13,15H2,1-7H3. The van der Waals surface area contributed by atoms with E-state index < -0.39 is 30.8 Å². The van der Waals surface area contributed by atoms with Crippen molar-refractivity contribution in [2.75, 3.05) is 13.1 Å². The van der Waals surface area contributed by atoms with Gasteiger partial charge in [0.1, 0.15) is 17.0 Å². The predicted molar refractivity (Wildman–Crippen MR) is 117 cm³/mol. The molecule has 1 amide bonds. The number of nitrogens with zero attached hydrogens (tertiary/aromatic N) is 1. The van der Waals surface area contributed by atoms with Crippen LogP contribution < -0.4 is 4.74 Å². The molecular formula is C23H32NO5P. The zero-order valence-electron chi connectivity index (χ0n) is 18.9. The molecule has 3 aliphatic rings. The van der Waals surface area contributed by atoms with Crippen molar-refractivity contribution < 1.29 is 23.3 Å². The molecule has 6 nitrogen and oxygen atoms in total. The maximum Gasteiger partial charge on any atom is 0.410 e. The van der Waals surface area contributed by atoms with Crippen LogP contribution in [0.3, 0.4) is 0 Å². The molecule has 1 spiro atoms. The Morgan fingerprint density at radius 1 is 1.10 bits per heavy atom. The highest BCUT2D eigenvalue weighted by atomic mass is 31.2. The first-order valence-corrected chi connectivity index (χ1v) is 11.7. The fourth-order valence-electron chi connectivity index (χ4n) is 3.73. The van der Waals surface area contributed by atoms with E-state index in [9.17, 15) is 4.79 Å².